The lowest BCUT2D eigenvalue weighted by Crippen LogP contribution is -2.53. The molecule has 1 aromatic carbocycles. The van der Waals surface area contributed by atoms with Gasteiger partial charge in [0.1, 0.15) is 5.75 Å². The van der Waals surface area contributed by atoms with Crippen LogP contribution in [-0.2, 0) is 5.60 Å². The Balaban J connectivity index is 3.51. The summed E-state index contributed by atoms with van der Waals surface area (Å²) in [6.07, 6.45) is -12.0. The predicted molar refractivity (Wildman–Crippen MR) is 49.1 cm³/mol. The fraction of sp³-hybridized carbons (Fsp3) is 0.333. The Kier molecular flexibility index (Phi) is 3.48. The second-order valence-corrected chi connectivity index (χ2v) is 3.78. The van der Waals surface area contributed by atoms with E-state index in [0.29, 0.717) is 12.1 Å². The molecule has 2 N–H and O–H groups in total. The average Bonchev–Trinajstić information content (AvgIpc) is 2.17. The highest BCUT2D eigenvalue weighted by atomic mass is 35.5. The van der Waals surface area contributed by atoms with E-state index in [0.717, 1.165) is 0 Å². The first-order valence-electron chi connectivity index (χ1n) is 4.26. The van der Waals surface area contributed by atoms with Crippen LogP contribution >= 0.6 is 11.6 Å². The highest BCUT2D eigenvalue weighted by Crippen LogP contribution is 2.50. The quantitative estimate of drug-likeness (QED) is 0.780. The van der Waals surface area contributed by atoms with Gasteiger partial charge in [0.05, 0.1) is 5.02 Å². The van der Waals surface area contributed by atoms with Crippen molar-refractivity contribution < 1.29 is 36.6 Å². The Morgan fingerprint density at radius 2 is 1.39 bits per heavy atom. The molecule has 0 atom stereocenters. The Labute approximate surface area is 101 Å². The number of aliphatic hydroxyl groups is 1. The maximum atomic E-state index is 12.4. The minimum absolute atomic E-state index is 0.206. The lowest BCUT2D eigenvalue weighted by Gasteiger charge is -2.32. The highest BCUT2D eigenvalue weighted by molar-refractivity contribution is 6.32. The number of aromatic hydroxyl groups is 1. The van der Waals surface area contributed by atoms with Crippen molar-refractivity contribution in [1.29, 1.82) is 0 Å². The van der Waals surface area contributed by atoms with Crippen LogP contribution in [0, 0.1) is 0 Å². The van der Waals surface area contributed by atoms with E-state index < -0.39 is 34.3 Å². The van der Waals surface area contributed by atoms with Gasteiger partial charge in [0.25, 0.3) is 5.60 Å². The molecule has 0 saturated heterocycles. The van der Waals surface area contributed by atoms with E-state index in [1.54, 1.807) is 0 Å². The van der Waals surface area contributed by atoms with Crippen LogP contribution in [-0.4, -0.2) is 22.6 Å². The minimum Gasteiger partial charge on any atom is -0.506 e. The number of phenols is 1. The van der Waals surface area contributed by atoms with Crippen LogP contribution in [0.5, 0.6) is 5.75 Å². The summed E-state index contributed by atoms with van der Waals surface area (Å²) >= 11 is 5.22. The normalized spacial score (nSPS) is 13.8. The summed E-state index contributed by atoms with van der Waals surface area (Å²) in [4.78, 5) is 0. The summed E-state index contributed by atoms with van der Waals surface area (Å²) in [5, 5.41) is 17.2. The monoisotopic (exact) mass is 294 g/mol. The molecule has 1 aromatic rings. The zero-order valence-corrected chi connectivity index (χ0v) is 9.03. The summed E-state index contributed by atoms with van der Waals surface area (Å²) in [6, 6.07) is 1.03. The molecule has 0 radical (unpaired) electrons. The van der Waals surface area contributed by atoms with E-state index in [-0.39, 0.29) is 6.07 Å². The summed E-state index contributed by atoms with van der Waals surface area (Å²) in [5.41, 5.74) is -6.57. The molecule has 0 amide bonds. The summed E-state index contributed by atoms with van der Waals surface area (Å²) in [6.45, 7) is 0. The van der Waals surface area contributed by atoms with Gasteiger partial charge in [0.2, 0.25) is 0 Å². The van der Waals surface area contributed by atoms with Crippen molar-refractivity contribution >= 4 is 11.6 Å². The largest absolute Gasteiger partial charge is 0.506 e. The first-order chi connectivity index (χ1) is 7.91. The molecule has 102 valence electrons. The van der Waals surface area contributed by atoms with Gasteiger partial charge >= 0.3 is 12.4 Å². The van der Waals surface area contributed by atoms with Crippen molar-refractivity contribution in [3.8, 4) is 5.75 Å². The third-order valence-electron chi connectivity index (χ3n) is 2.19. The predicted octanol–water partition coefficient (Wildman–Crippen LogP) is 3.36. The zero-order valence-electron chi connectivity index (χ0n) is 8.27. The first kappa shape index (κ1) is 14.9. The van der Waals surface area contributed by atoms with E-state index in [2.05, 4.69) is 0 Å². The van der Waals surface area contributed by atoms with E-state index in [1.165, 1.54) is 0 Å². The molecule has 0 spiro atoms. The van der Waals surface area contributed by atoms with Crippen molar-refractivity contribution in [3.05, 3.63) is 28.8 Å². The van der Waals surface area contributed by atoms with Gasteiger partial charge in [0.15, 0.2) is 0 Å². The van der Waals surface area contributed by atoms with E-state index in [4.69, 9.17) is 21.8 Å². The first-order valence-corrected chi connectivity index (χ1v) is 4.64. The zero-order chi connectivity index (χ0) is 14.4. The van der Waals surface area contributed by atoms with Gasteiger partial charge in [-0.1, -0.05) is 17.7 Å². The fourth-order valence-corrected chi connectivity index (χ4v) is 1.40. The second kappa shape index (κ2) is 4.20. The van der Waals surface area contributed by atoms with Crippen molar-refractivity contribution in [1.82, 2.24) is 0 Å². The lowest BCUT2D eigenvalue weighted by atomic mass is 9.92. The Morgan fingerprint density at radius 3 is 1.72 bits per heavy atom. The number of halogens is 7. The van der Waals surface area contributed by atoms with Crippen LogP contribution in [0.4, 0.5) is 26.3 Å². The minimum atomic E-state index is -5.98. The van der Waals surface area contributed by atoms with E-state index in [9.17, 15) is 26.3 Å². The second-order valence-electron chi connectivity index (χ2n) is 3.37. The molecule has 0 aliphatic heterocycles. The van der Waals surface area contributed by atoms with Gasteiger partial charge in [-0.15, -0.1) is 0 Å². The summed E-state index contributed by atoms with van der Waals surface area (Å²) in [5.74, 6) is -0.702. The summed E-state index contributed by atoms with van der Waals surface area (Å²) in [7, 11) is 0. The molecule has 1 rings (SSSR count). The van der Waals surface area contributed by atoms with Crippen LogP contribution in [0.2, 0.25) is 5.02 Å². The molecule has 18 heavy (non-hydrogen) atoms. The fourth-order valence-electron chi connectivity index (χ4n) is 1.22. The Hall–Kier alpha value is -1.15. The Bertz CT molecular complexity index is 439. The van der Waals surface area contributed by atoms with Gasteiger partial charge in [-0.2, -0.15) is 26.3 Å². The molecule has 9 heteroatoms. The number of hydrogen-bond acceptors (Lipinski definition) is 2. The van der Waals surface area contributed by atoms with E-state index in [1.807, 2.05) is 0 Å². The number of phenolic OH excluding ortho intramolecular Hbond substituents is 1. The van der Waals surface area contributed by atoms with Crippen LogP contribution in [0.3, 0.4) is 0 Å². The third kappa shape index (κ3) is 2.22. The van der Waals surface area contributed by atoms with Crippen LogP contribution < -0.4 is 0 Å². The summed E-state index contributed by atoms with van der Waals surface area (Å²) < 4.78 is 74.7. The molecule has 0 heterocycles. The van der Waals surface area contributed by atoms with Crippen molar-refractivity contribution in [3.63, 3.8) is 0 Å². The van der Waals surface area contributed by atoms with Crippen LogP contribution in [0.1, 0.15) is 5.56 Å². The SMILES string of the molecule is Oc1ccc(C(O)(C(F)(F)F)C(F)(F)F)cc1Cl. The van der Waals surface area contributed by atoms with Crippen molar-refractivity contribution in [2.24, 2.45) is 0 Å². The standard InChI is InChI=1S/C9H5ClF6O2/c10-5-3-4(1-2-6(5)17)7(18,8(11,12)13)9(14,15)16/h1-3,17-18H. The van der Waals surface area contributed by atoms with Gasteiger partial charge in [0, 0.05) is 5.56 Å². The van der Waals surface area contributed by atoms with Gasteiger partial charge < -0.3 is 10.2 Å². The molecule has 0 fully saturated rings. The molecule has 0 unspecified atom stereocenters. The molecule has 2 nitrogen and oxygen atoms in total. The Morgan fingerprint density at radius 1 is 0.944 bits per heavy atom. The van der Waals surface area contributed by atoms with Gasteiger partial charge in [-0.05, 0) is 12.1 Å². The lowest BCUT2D eigenvalue weighted by molar-refractivity contribution is -0.376. The third-order valence-corrected chi connectivity index (χ3v) is 2.49. The molecular formula is C9H5ClF6O2. The average molecular weight is 295 g/mol. The molecular weight excluding hydrogens is 290 g/mol. The number of hydrogen-bond donors (Lipinski definition) is 2. The smallest absolute Gasteiger partial charge is 0.430 e. The topological polar surface area (TPSA) is 40.5 Å². The highest BCUT2D eigenvalue weighted by Gasteiger charge is 2.71. The molecule has 0 aliphatic carbocycles. The number of rotatable bonds is 1. The number of alkyl halides is 6. The van der Waals surface area contributed by atoms with Gasteiger partial charge in [-0.3, -0.25) is 0 Å². The molecule has 0 bridgehead atoms. The molecule has 0 aliphatic rings. The van der Waals surface area contributed by atoms with Crippen LogP contribution in [0.25, 0.3) is 0 Å². The van der Waals surface area contributed by atoms with Crippen LogP contribution in [0.15, 0.2) is 18.2 Å². The maximum absolute atomic E-state index is 12.4. The molecule has 0 saturated carbocycles. The van der Waals surface area contributed by atoms with Crippen molar-refractivity contribution in [2.45, 2.75) is 18.0 Å². The van der Waals surface area contributed by atoms with E-state index >= 15 is 0 Å². The molecule has 0 aromatic heterocycles. The van der Waals surface area contributed by atoms with Gasteiger partial charge in [-0.25, -0.2) is 0 Å². The van der Waals surface area contributed by atoms with Crippen molar-refractivity contribution in [2.75, 3.05) is 0 Å². The number of benzene rings is 1. The maximum Gasteiger partial charge on any atom is 0.430 e.